The van der Waals surface area contributed by atoms with Gasteiger partial charge in [-0.3, -0.25) is 9.63 Å². The van der Waals surface area contributed by atoms with Crippen LogP contribution >= 0.6 is 0 Å². The van der Waals surface area contributed by atoms with Crippen molar-refractivity contribution in [3.05, 3.63) is 83.4 Å². The molecule has 3 aromatic rings. The number of aliphatic hydroxyl groups excluding tert-OH is 1. The maximum absolute atomic E-state index is 11.8. The summed E-state index contributed by atoms with van der Waals surface area (Å²) in [6.07, 6.45) is 3.36. The lowest BCUT2D eigenvalue weighted by molar-refractivity contribution is -0.122. The van der Waals surface area contributed by atoms with E-state index in [1.54, 1.807) is 6.08 Å². The summed E-state index contributed by atoms with van der Waals surface area (Å²) in [5.74, 6) is 0.969. The molecule has 2 aliphatic rings. The van der Waals surface area contributed by atoms with Crippen molar-refractivity contribution in [2.45, 2.75) is 24.9 Å². The smallest absolute Gasteiger partial charge is 0.273 e. The quantitative estimate of drug-likeness (QED) is 0.526. The number of nitrogens with one attached hydrogen (secondary N) is 1. The number of amides is 1. The summed E-state index contributed by atoms with van der Waals surface area (Å²) in [5, 5.41) is 13.2. The summed E-state index contributed by atoms with van der Waals surface area (Å²) < 4.78 is 5.92. The Morgan fingerprint density at radius 1 is 1.06 bits per heavy atom. The van der Waals surface area contributed by atoms with Gasteiger partial charge in [0.05, 0.1) is 0 Å². The molecule has 6 heteroatoms. The third-order valence-electron chi connectivity index (χ3n) is 6.67. The molecule has 3 aromatic carbocycles. The molecule has 2 fully saturated rings. The van der Waals surface area contributed by atoms with E-state index in [9.17, 15) is 9.90 Å². The van der Waals surface area contributed by atoms with Gasteiger partial charge in [0.25, 0.3) is 5.91 Å². The highest BCUT2D eigenvalue weighted by atomic mass is 16.7. The van der Waals surface area contributed by atoms with Crippen LogP contribution in [0.1, 0.15) is 29.9 Å². The number of hydrogen-bond donors (Lipinski definition) is 2. The maximum Gasteiger partial charge on any atom is 0.273 e. The number of benzene rings is 3. The number of ether oxygens (including phenoxy) is 1. The first-order valence-corrected chi connectivity index (χ1v) is 11.9. The minimum Gasteiger partial charge on any atom is -0.490 e. The molecule has 5 rings (SSSR count). The van der Waals surface area contributed by atoms with E-state index in [4.69, 9.17) is 9.57 Å². The van der Waals surface area contributed by atoms with Crippen LogP contribution in [0, 0.1) is 0 Å². The maximum atomic E-state index is 11.8. The van der Waals surface area contributed by atoms with Crippen molar-refractivity contribution in [3.63, 3.8) is 0 Å². The van der Waals surface area contributed by atoms with Gasteiger partial charge in [-0.15, -0.1) is 0 Å². The van der Waals surface area contributed by atoms with E-state index in [1.165, 1.54) is 16.3 Å². The lowest BCUT2D eigenvalue weighted by Gasteiger charge is -2.33. The minimum absolute atomic E-state index is 0.202. The summed E-state index contributed by atoms with van der Waals surface area (Å²) in [4.78, 5) is 19.0. The first kappa shape index (κ1) is 22.6. The Hall–Kier alpha value is -3.19. The minimum atomic E-state index is -0.587. The Morgan fingerprint density at radius 3 is 2.62 bits per heavy atom. The van der Waals surface area contributed by atoms with E-state index in [0.29, 0.717) is 23.8 Å². The fourth-order valence-electron chi connectivity index (χ4n) is 4.78. The molecule has 0 aliphatic carbocycles. The molecular weight excluding hydrogens is 428 g/mol. The number of hydroxylamine groups is 1. The molecule has 34 heavy (non-hydrogen) atoms. The number of piperidine rings is 1. The predicted octanol–water partition coefficient (Wildman–Crippen LogP) is 3.90. The van der Waals surface area contributed by atoms with Crippen molar-refractivity contribution in [2.75, 3.05) is 32.8 Å². The van der Waals surface area contributed by atoms with E-state index >= 15 is 0 Å². The molecule has 2 saturated heterocycles. The largest absolute Gasteiger partial charge is 0.490 e. The second-order valence-electron chi connectivity index (χ2n) is 9.07. The van der Waals surface area contributed by atoms with Crippen molar-refractivity contribution < 1.29 is 19.5 Å². The Bertz CT molecular complexity index is 1180. The molecule has 0 aromatic heterocycles. The monoisotopic (exact) mass is 458 g/mol. The zero-order valence-corrected chi connectivity index (χ0v) is 19.2. The molecule has 0 spiro atoms. The second-order valence-corrected chi connectivity index (χ2v) is 9.07. The second kappa shape index (κ2) is 10.4. The Balaban J connectivity index is 1.12. The number of hydrogen-bond acceptors (Lipinski definition) is 5. The van der Waals surface area contributed by atoms with Gasteiger partial charge in [-0.05, 0) is 60.3 Å². The molecule has 0 bridgehead atoms. The van der Waals surface area contributed by atoms with Gasteiger partial charge in [-0.1, -0.05) is 60.7 Å². The molecule has 1 atom stereocenters. The van der Waals surface area contributed by atoms with Gasteiger partial charge in [0.15, 0.2) is 0 Å². The van der Waals surface area contributed by atoms with Gasteiger partial charge in [0.1, 0.15) is 25.1 Å². The zero-order chi connectivity index (χ0) is 23.3. The number of likely N-dealkylation sites (tertiary alicyclic amines) is 1. The van der Waals surface area contributed by atoms with Gasteiger partial charge in [-0.2, -0.15) is 0 Å². The van der Waals surface area contributed by atoms with Gasteiger partial charge < -0.3 is 14.7 Å². The first-order chi connectivity index (χ1) is 16.7. The summed E-state index contributed by atoms with van der Waals surface area (Å²) in [6.45, 7) is 2.95. The standard InChI is InChI=1S/C28H30N2O4/c31-26(19-33-27-8-4-3-7-24(27)16-25-18-34-29-28(25)32)17-30-13-11-21(12-14-30)23-10-9-20-5-1-2-6-22(20)15-23/h1-10,15-16,21,26,31H,11-14,17-19H2,(H,29,32)/t26-/m0/s1. The van der Waals surface area contributed by atoms with Crippen molar-refractivity contribution >= 4 is 22.8 Å². The highest BCUT2D eigenvalue weighted by Gasteiger charge is 2.23. The molecule has 2 heterocycles. The zero-order valence-electron chi connectivity index (χ0n) is 19.2. The van der Waals surface area contributed by atoms with E-state index in [1.807, 2.05) is 24.3 Å². The van der Waals surface area contributed by atoms with Crippen LogP contribution in [0.25, 0.3) is 16.8 Å². The Labute approximate surface area is 199 Å². The summed E-state index contributed by atoms with van der Waals surface area (Å²) >= 11 is 0. The SMILES string of the molecule is O=C1NOCC1=Cc1ccccc1OC[C@@H](O)CN1CCC(c2ccc3ccccc3c2)CC1. The van der Waals surface area contributed by atoms with Crippen molar-refractivity contribution in [1.29, 1.82) is 0 Å². The van der Waals surface area contributed by atoms with E-state index in [-0.39, 0.29) is 19.1 Å². The van der Waals surface area contributed by atoms with Crippen LogP contribution in [-0.2, 0) is 9.63 Å². The van der Waals surface area contributed by atoms with Crippen LogP contribution in [0.15, 0.2) is 72.3 Å². The predicted molar refractivity (Wildman–Crippen MR) is 132 cm³/mol. The lowest BCUT2D eigenvalue weighted by atomic mass is 9.88. The van der Waals surface area contributed by atoms with Crippen molar-refractivity contribution in [2.24, 2.45) is 0 Å². The van der Waals surface area contributed by atoms with Crippen LogP contribution in [0.3, 0.4) is 0 Å². The molecule has 0 radical (unpaired) electrons. The van der Waals surface area contributed by atoms with Crippen LogP contribution in [-0.4, -0.2) is 54.9 Å². The number of carbonyl (C=O) groups is 1. The molecule has 176 valence electrons. The van der Waals surface area contributed by atoms with Gasteiger partial charge in [0, 0.05) is 17.7 Å². The highest BCUT2D eigenvalue weighted by Crippen LogP contribution is 2.30. The number of fused-ring (bicyclic) bond motifs is 1. The Morgan fingerprint density at radius 2 is 1.82 bits per heavy atom. The average molecular weight is 459 g/mol. The molecule has 0 saturated carbocycles. The summed E-state index contributed by atoms with van der Waals surface area (Å²) in [7, 11) is 0. The number of β-amino-alcohol motifs (C(OH)–C–C–N with tert-alkyl or cyclic N) is 1. The molecule has 2 aliphatic heterocycles. The van der Waals surface area contributed by atoms with Crippen molar-refractivity contribution in [3.8, 4) is 5.75 Å². The van der Waals surface area contributed by atoms with Crippen LogP contribution < -0.4 is 10.2 Å². The number of aliphatic hydroxyl groups is 1. The van der Waals surface area contributed by atoms with Crippen LogP contribution in [0.4, 0.5) is 0 Å². The summed E-state index contributed by atoms with van der Waals surface area (Å²) in [5.41, 5.74) is 5.08. The summed E-state index contributed by atoms with van der Waals surface area (Å²) in [6, 6.07) is 22.8. The van der Waals surface area contributed by atoms with E-state index in [0.717, 1.165) is 31.5 Å². The average Bonchev–Trinajstić information content (AvgIpc) is 3.28. The number of carbonyl (C=O) groups excluding carboxylic acids is 1. The van der Waals surface area contributed by atoms with Gasteiger partial charge >= 0.3 is 0 Å². The lowest BCUT2D eigenvalue weighted by Crippen LogP contribution is -2.40. The topological polar surface area (TPSA) is 71.0 Å². The Kier molecular flexibility index (Phi) is 6.90. The van der Waals surface area contributed by atoms with Gasteiger partial charge in [-0.25, -0.2) is 5.48 Å². The molecule has 0 unspecified atom stereocenters. The van der Waals surface area contributed by atoms with Crippen LogP contribution in [0.5, 0.6) is 5.75 Å². The number of rotatable bonds is 7. The van der Waals surface area contributed by atoms with Gasteiger partial charge in [0.2, 0.25) is 0 Å². The number of nitrogens with zero attached hydrogens (tertiary/aromatic N) is 1. The molecule has 1 amide bonds. The molecule has 6 nitrogen and oxygen atoms in total. The highest BCUT2D eigenvalue weighted by molar-refractivity contribution is 5.99. The third-order valence-corrected chi connectivity index (χ3v) is 6.67. The molecule has 2 N–H and O–H groups in total. The molecular formula is C28H30N2O4. The van der Waals surface area contributed by atoms with Crippen LogP contribution in [0.2, 0.25) is 0 Å². The van der Waals surface area contributed by atoms with Crippen molar-refractivity contribution in [1.82, 2.24) is 10.4 Å². The number of para-hydroxylation sites is 1. The normalized spacial score (nSPS) is 19.4. The first-order valence-electron chi connectivity index (χ1n) is 11.9. The third kappa shape index (κ3) is 5.30. The fraction of sp³-hybridized carbons (Fsp3) is 0.321. The van der Waals surface area contributed by atoms with E-state index in [2.05, 4.69) is 52.8 Å². The van der Waals surface area contributed by atoms with E-state index < -0.39 is 6.10 Å². The fourth-order valence-corrected chi connectivity index (χ4v) is 4.78.